The SMILES string of the molecule is C.C.C.C.C#C.CC[C@H]1O[C@@H](n2cnc3c(C)nc(C)nc32)C(N)[C@H]1C.CC[C@H]1O[C@@H](n2cnc3c(C)nc(C)nc32)C(Nc2c(OC)c(=O)c2=O)[C@H]1C.COc1c(C)c(=O)c1=O.Cc1nc(C)c2ncn([C@@H]3O[C@H](CO)[C@H](C)C3Nc3c(CC[C@H]4O[C@@H](n5cnc6c(NC(=O)c7ccccc7)ncnc65)C(O[Si](C)(C)C(C)(C)C)[C@H]4O[P+](=O)O)c(=O)c3=O)c2n1. The Morgan fingerprint density at radius 2 is 0.992 bits per heavy atom. The number of hydrogen-bond acceptors (Lipinski definition) is 32. The van der Waals surface area contributed by atoms with Gasteiger partial charge in [-0.3, -0.25) is 51.8 Å². The summed E-state index contributed by atoms with van der Waals surface area (Å²) in [5.41, 5.74) is 11.3. The number of benzene rings is 1. The van der Waals surface area contributed by atoms with Gasteiger partial charge in [-0.1, -0.05) is 103 Å². The van der Waals surface area contributed by atoms with Gasteiger partial charge in [-0.05, 0) is 104 Å². The highest BCUT2D eigenvalue weighted by Gasteiger charge is 2.56. The highest BCUT2D eigenvalue weighted by Crippen LogP contribution is 2.47. The van der Waals surface area contributed by atoms with Gasteiger partial charge in [-0.25, -0.2) is 59.8 Å². The molecule has 40 heteroatoms. The molecule has 12 aromatic rings. The van der Waals surface area contributed by atoms with E-state index in [0.717, 1.165) is 41.2 Å². The molecule has 16 rings (SSSR count). The number of carbonyl (C=O) groups is 1. The fraction of sp³-hybridized carbons (Fsp3) is 0.523. The van der Waals surface area contributed by atoms with Crippen LogP contribution in [0.5, 0.6) is 11.5 Å². The highest BCUT2D eigenvalue weighted by molar-refractivity contribution is 7.32. The summed E-state index contributed by atoms with van der Waals surface area (Å²) in [5, 5.41) is 19.3. The molecule has 4 fully saturated rings. The van der Waals surface area contributed by atoms with Crippen molar-refractivity contribution in [2.75, 3.05) is 36.8 Å². The number of nitrogens with two attached hydrogens (primary N) is 1. The van der Waals surface area contributed by atoms with Gasteiger partial charge in [0.25, 0.3) is 22.2 Å². The van der Waals surface area contributed by atoms with Crippen LogP contribution in [0.1, 0.15) is 185 Å². The van der Waals surface area contributed by atoms with Gasteiger partial charge in [0.1, 0.15) is 52.1 Å². The van der Waals surface area contributed by atoms with Gasteiger partial charge >= 0.3 is 8.25 Å². The normalized spacial score (nSPS) is 23.3. The lowest BCUT2D eigenvalue weighted by Gasteiger charge is -2.40. The predicted molar refractivity (Wildman–Crippen MR) is 482 cm³/mol. The van der Waals surface area contributed by atoms with E-state index in [1.165, 1.54) is 26.9 Å². The number of aliphatic hydroxyl groups excluding tert-OH is 1. The van der Waals surface area contributed by atoms with Crippen LogP contribution in [0.2, 0.25) is 18.1 Å². The first kappa shape index (κ1) is 100. The van der Waals surface area contributed by atoms with E-state index >= 15 is 0 Å². The number of amides is 1. The number of methoxy groups -OCH3 is 2. The van der Waals surface area contributed by atoms with E-state index in [1.807, 2.05) is 63.8 Å². The van der Waals surface area contributed by atoms with Crippen molar-refractivity contribution in [1.29, 1.82) is 0 Å². The first-order valence-corrected chi connectivity index (χ1v) is 44.0. The number of nitrogens with one attached hydrogen (secondary N) is 3. The number of carbonyl (C=O) groups excluding carboxylic acids is 1. The monoisotopic (exact) mass is 1780 g/mol. The van der Waals surface area contributed by atoms with E-state index in [1.54, 1.807) is 72.3 Å². The maximum Gasteiger partial charge on any atom is 0.695 e. The summed E-state index contributed by atoms with van der Waals surface area (Å²) in [4.78, 5) is 148. The van der Waals surface area contributed by atoms with Crippen molar-refractivity contribution in [2.45, 2.75) is 257 Å². The minimum absolute atomic E-state index is 0. The van der Waals surface area contributed by atoms with Crippen molar-refractivity contribution in [2.24, 2.45) is 23.5 Å². The first-order chi connectivity index (χ1) is 57.9. The molecule has 126 heavy (non-hydrogen) atoms. The van der Waals surface area contributed by atoms with Crippen molar-refractivity contribution >= 4 is 84.3 Å². The molecule has 12 heterocycles. The van der Waals surface area contributed by atoms with E-state index in [2.05, 4.69) is 142 Å². The Balaban J connectivity index is 0.000000254. The molecule has 4 saturated heterocycles. The average molecular weight is 1780 g/mol. The number of hydrogen-bond donors (Lipinski definition) is 6. The molecule has 0 saturated carbocycles. The number of aryl methyl sites for hydroxylation is 6. The van der Waals surface area contributed by atoms with Crippen LogP contribution in [0.15, 0.2) is 90.7 Å². The smallest absolute Gasteiger partial charge is 0.492 e. The summed E-state index contributed by atoms with van der Waals surface area (Å²) in [7, 11) is -3.08. The molecule has 17 atom stereocenters. The molecule has 5 unspecified atom stereocenters. The summed E-state index contributed by atoms with van der Waals surface area (Å²) >= 11 is 0. The molecule has 0 spiro atoms. The lowest BCUT2D eigenvalue weighted by atomic mass is 9.94. The maximum atomic E-state index is 13.3. The molecular formula is C86H118N20O18PSi+. The zero-order valence-electron chi connectivity index (χ0n) is 71.3. The number of terminal acetylenes is 1. The molecule has 0 aliphatic carbocycles. The lowest BCUT2D eigenvalue weighted by Crippen LogP contribution is -2.49. The average Bonchev–Trinajstić information content (AvgIpc) is 1.70. The van der Waals surface area contributed by atoms with E-state index in [0.29, 0.717) is 56.7 Å². The zero-order chi connectivity index (χ0) is 88.7. The number of rotatable bonds is 22. The molecule has 8 aromatic heterocycles. The Morgan fingerprint density at radius 1 is 0.556 bits per heavy atom. The fourth-order valence-corrected chi connectivity index (χ4v) is 17.6. The summed E-state index contributed by atoms with van der Waals surface area (Å²) in [5.74, 6) is 2.05. The number of aliphatic hydroxyl groups is 1. The molecule has 4 aliphatic heterocycles. The van der Waals surface area contributed by atoms with Crippen molar-refractivity contribution < 1.29 is 56.7 Å². The van der Waals surface area contributed by atoms with Crippen LogP contribution in [0, 0.1) is 79.1 Å². The fourth-order valence-electron chi connectivity index (χ4n) is 15.9. The minimum Gasteiger partial charge on any atom is -0.492 e. The van der Waals surface area contributed by atoms with Gasteiger partial charge in [-0.2, -0.15) is 0 Å². The van der Waals surface area contributed by atoms with Crippen molar-refractivity contribution in [3.63, 3.8) is 0 Å². The Bertz CT molecular complexity index is 6120. The number of imidazole rings is 4. The van der Waals surface area contributed by atoms with Crippen molar-refractivity contribution in [3.8, 4) is 24.3 Å². The zero-order valence-corrected chi connectivity index (χ0v) is 73.2. The van der Waals surface area contributed by atoms with Gasteiger partial charge in [-0.15, -0.1) is 22.3 Å². The molecule has 4 aromatic carbocycles. The summed E-state index contributed by atoms with van der Waals surface area (Å²) in [6, 6.07) is 7.73. The van der Waals surface area contributed by atoms with Gasteiger partial charge in [0.2, 0.25) is 16.3 Å². The van der Waals surface area contributed by atoms with Crippen LogP contribution in [0.25, 0.3) is 44.7 Å². The highest BCUT2D eigenvalue weighted by atomic mass is 31.1. The van der Waals surface area contributed by atoms with E-state index in [-0.39, 0.29) is 142 Å². The summed E-state index contributed by atoms with van der Waals surface area (Å²) in [6.07, 6.45) is 11.8. The molecule has 0 radical (unpaired) electrons. The third-order valence-corrected chi connectivity index (χ3v) is 28.5. The van der Waals surface area contributed by atoms with Crippen LogP contribution in [-0.4, -0.2) is 178 Å². The van der Waals surface area contributed by atoms with Crippen LogP contribution in [0.4, 0.5) is 17.2 Å². The van der Waals surface area contributed by atoms with Gasteiger partial charge in [0, 0.05) is 39.0 Å². The molecule has 1 amide bonds. The summed E-state index contributed by atoms with van der Waals surface area (Å²) in [6.45, 7) is 32.9. The number of fused-ring (bicyclic) bond motifs is 4. The number of aromatic nitrogens is 16. The Hall–Kier alpha value is -11.2. The van der Waals surface area contributed by atoms with Crippen LogP contribution >= 0.6 is 8.25 Å². The first-order valence-electron chi connectivity index (χ1n) is 39.9. The van der Waals surface area contributed by atoms with E-state index in [4.69, 9.17) is 38.4 Å². The van der Waals surface area contributed by atoms with E-state index in [9.17, 15) is 48.1 Å². The Morgan fingerprint density at radius 3 is 1.45 bits per heavy atom. The molecule has 0 bridgehead atoms. The number of anilines is 3. The summed E-state index contributed by atoms with van der Waals surface area (Å²) < 4.78 is 67.5. The topological polar surface area (TPSA) is 487 Å². The molecule has 4 aliphatic rings. The third-order valence-electron chi connectivity index (χ3n) is 23.6. The molecule has 678 valence electrons. The van der Waals surface area contributed by atoms with Gasteiger partial charge in [0.15, 0.2) is 84.8 Å². The molecular weight excluding hydrogens is 1660 g/mol. The van der Waals surface area contributed by atoms with Crippen LogP contribution < -0.4 is 63.7 Å². The largest absolute Gasteiger partial charge is 0.695 e. The van der Waals surface area contributed by atoms with Crippen LogP contribution in [0.3, 0.4) is 0 Å². The second-order valence-electron chi connectivity index (χ2n) is 32.2. The number of ether oxygens (including phenoxy) is 6. The van der Waals surface area contributed by atoms with E-state index < -0.39 is 104 Å². The maximum absolute atomic E-state index is 13.3. The second-order valence-corrected chi connectivity index (χ2v) is 37.7. The van der Waals surface area contributed by atoms with Gasteiger partial charge in [0.05, 0.1) is 111 Å². The second kappa shape index (κ2) is 40.7. The molecule has 7 N–H and O–H groups in total. The quantitative estimate of drug-likeness (QED) is 0.0159. The van der Waals surface area contributed by atoms with Crippen LogP contribution in [-0.2, 0) is 38.9 Å². The molecule has 38 nitrogen and oxygen atoms in total. The standard InChI is InChI=1S/C41H49N10O10PSi.C19H23N5O4.C14H21N5O.C6H6O3.C2H2.4CH4/c1-20-26(16-52)59-39(51-18-44-28-21(2)46-22(3)47-37(28)51)27(20)48-29-24(31(53)32(29)54)14-15-25-33(60-62(56)57)34(61-63(7,8)41(4,5)6)40(58-25)50-19-45-30-35(42-17-43-36(30)50)49-38(55)23-12-10-9-11-13-23;1-6-11-8(2)12(23-14-15(25)16(26)17(14)27-5)19(28-11)24-7-20-13-9(3)21-10(4)22-18(13)24;1-5-10-7(2)11(15)14(20-10)19-6-16-12-8(3)17-9(4)18-13(12)19;1-3-4(7)5(8)6(3)9-2;1-2;;;;/h9-13,17-20,25-27,33-34,39-40,52H,14-16H2,1-8H3,(H2-,42,43,48,49,53,55,56,57);7-8,11-12,19,23H,6H2,1-5H3;6-7,10-11,14H,5,15H2,1-4H3;1-2H3;1-2H;4*1H4/p+1/t20-,25+,26+,27?,33-,34?,39+,40+;8-,11+,12?,19+;7-,10+,11?,14+;;;;;;/m000....../s1. The lowest BCUT2D eigenvalue weighted by molar-refractivity contribution is -0.0337. The Labute approximate surface area is 731 Å². The minimum atomic E-state index is -3.17. The predicted octanol–water partition coefficient (Wildman–Crippen LogP) is 9.97. The van der Waals surface area contributed by atoms with Gasteiger partial charge < -0.3 is 59.6 Å². The number of nitrogens with zero attached hydrogens (tertiary/aromatic N) is 16. The Kier molecular flexibility index (Phi) is 32.3. The van der Waals surface area contributed by atoms with Crippen molar-refractivity contribution in [3.05, 3.63) is 175 Å². The van der Waals surface area contributed by atoms with Crippen molar-refractivity contribution in [1.82, 2.24) is 78.1 Å². The third kappa shape index (κ3) is 19.1.